The number of hydrogen-bond acceptors (Lipinski definition) is 7. The van der Waals surface area contributed by atoms with Gasteiger partial charge in [-0.15, -0.1) is 5.10 Å². The summed E-state index contributed by atoms with van der Waals surface area (Å²) < 4.78 is 6.73. The number of nitrogens with zero attached hydrogens (tertiary/aromatic N) is 6. The Balaban J connectivity index is 2.29. The summed E-state index contributed by atoms with van der Waals surface area (Å²) in [6.07, 6.45) is 2.78. The third-order valence-electron chi connectivity index (χ3n) is 2.40. The van der Waals surface area contributed by atoms with E-state index in [-0.39, 0.29) is 5.57 Å². The number of aromatic nitrogens is 4. The molecule has 8 nitrogen and oxygen atoms in total. The van der Waals surface area contributed by atoms with Crippen LogP contribution in [0.15, 0.2) is 36.3 Å². The fraction of sp³-hybridized carbons (Fsp3) is 0.0833. The molecule has 0 aliphatic carbocycles. The van der Waals surface area contributed by atoms with Crippen LogP contribution in [0.5, 0.6) is 5.75 Å². The predicted molar refractivity (Wildman–Crippen MR) is 68.6 cm³/mol. The van der Waals surface area contributed by atoms with Gasteiger partial charge in [-0.1, -0.05) is 0 Å². The van der Waals surface area contributed by atoms with Crippen molar-refractivity contribution in [2.45, 2.75) is 0 Å². The van der Waals surface area contributed by atoms with Crippen molar-refractivity contribution in [3.05, 3.63) is 36.3 Å². The van der Waals surface area contributed by atoms with E-state index < -0.39 is 0 Å². The molecule has 0 spiro atoms. The Hall–Kier alpha value is -3.39. The zero-order chi connectivity index (χ0) is 14.4. The average molecular weight is 267 g/mol. The van der Waals surface area contributed by atoms with Crippen LogP contribution in [0.25, 0.3) is 5.69 Å². The molecule has 1 heterocycles. The van der Waals surface area contributed by atoms with Crippen LogP contribution in [0.4, 0.5) is 5.69 Å². The van der Waals surface area contributed by atoms with Crippen LogP contribution in [0.2, 0.25) is 0 Å². The van der Waals surface area contributed by atoms with Crippen LogP contribution in [0.3, 0.4) is 0 Å². The van der Waals surface area contributed by atoms with Crippen molar-refractivity contribution in [3.63, 3.8) is 0 Å². The van der Waals surface area contributed by atoms with Gasteiger partial charge in [0.15, 0.2) is 0 Å². The van der Waals surface area contributed by atoms with Gasteiger partial charge in [0.25, 0.3) is 0 Å². The molecule has 0 aliphatic heterocycles. The van der Waals surface area contributed by atoms with Crippen molar-refractivity contribution >= 4 is 5.69 Å². The maximum absolute atomic E-state index is 8.64. The second kappa shape index (κ2) is 5.98. The summed E-state index contributed by atoms with van der Waals surface area (Å²) in [6, 6.07) is 8.73. The Morgan fingerprint density at radius 1 is 1.40 bits per heavy atom. The van der Waals surface area contributed by atoms with Crippen LogP contribution in [-0.4, -0.2) is 27.3 Å². The lowest BCUT2D eigenvalue weighted by Crippen LogP contribution is -2.00. The van der Waals surface area contributed by atoms with Crippen LogP contribution >= 0.6 is 0 Å². The summed E-state index contributed by atoms with van der Waals surface area (Å²) in [5.74, 6) is 0.547. The fourth-order valence-electron chi connectivity index (χ4n) is 1.47. The van der Waals surface area contributed by atoms with Crippen molar-refractivity contribution in [2.75, 3.05) is 12.4 Å². The first-order valence-corrected chi connectivity index (χ1v) is 5.46. The second-order valence-electron chi connectivity index (χ2n) is 3.57. The number of allylic oxidation sites excluding steroid dienone is 1. The van der Waals surface area contributed by atoms with Gasteiger partial charge < -0.3 is 10.1 Å². The standard InChI is InChI=1S/C12H9N7O/c1-20-12-4-10(15-7-9(5-13)6-14)2-3-11(12)19-8-16-17-18-19/h2-4,7-8,15H,1H3. The Morgan fingerprint density at radius 2 is 2.20 bits per heavy atom. The maximum atomic E-state index is 8.64. The first-order chi connectivity index (χ1) is 9.78. The molecule has 0 radical (unpaired) electrons. The van der Waals surface area contributed by atoms with E-state index in [0.29, 0.717) is 17.1 Å². The number of ether oxygens (including phenoxy) is 1. The van der Waals surface area contributed by atoms with Crippen molar-refractivity contribution in [2.24, 2.45) is 0 Å². The lowest BCUT2D eigenvalue weighted by Gasteiger charge is -2.09. The van der Waals surface area contributed by atoms with E-state index >= 15 is 0 Å². The number of benzene rings is 1. The summed E-state index contributed by atoms with van der Waals surface area (Å²) in [5.41, 5.74) is 1.32. The summed E-state index contributed by atoms with van der Waals surface area (Å²) in [6.45, 7) is 0. The van der Waals surface area contributed by atoms with Gasteiger partial charge in [-0.05, 0) is 22.6 Å². The third kappa shape index (κ3) is 2.71. The van der Waals surface area contributed by atoms with Gasteiger partial charge >= 0.3 is 0 Å². The predicted octanol–water partition coefficient (Wildman–Crippen LogP) is 1.01. The Morgan fingerprint density at radius 3 is 2.80 bits per heavy atom. The zero-order valence-electron chi connectivity index (χ0n) is 10.5. The molecule has 0 unspecified atom stereocenters. The number of nitriles is 2. The molecule has 8 heteroatoms. The van der Waals surface area contributed by atoms with E-state index in [1.807, 2.05) is 0 Å². The molecule has 1 N–H and O–H groups in total. The van der Waals surface area contributed by atoms with E-state index in [0.717, 1.165) is 0 Å². The van der Waals surface area contributed by atoms with Crippen molar-refractivity contribution in [1.29, 1.82) is 10.5 Å². The molecule has 0 amide bonds. The molecule has 0 saturated carbocycles. The van der Waals surface area contributed by atoms with Crippen LogP contribution in [0, 0.1) is 22.7 Å². The highest BCUT2D eigenvalue weighted by molar-refractivity contribution is 5.59. The van der Waals surface area contributed by atoms with Gasteiger partial charge in [0.1, 0.15) is 35.5 Å². The highest BCUT2D eigenvalue weighted by Gasteiger charge is 2.07. The minimum Gasteiger partial charge on any atom is -0.494 e. The number of rotatable bonds is 4. The first-order valence-electron chi connectivity index (χ1n) is 5.46. The average Bonchev–Trinajstić information content (AvgIpc) is 3.02. The normalized spacial score (nSPS) is 9.15. The van der Waals surface area contributed by atoms with Crippen LogP contribution in [0.1, 0.15) is 0 Å². The molecule has 0 saturated heterocycles. The highest BCUT2D eigenvalue weighted by atomic mass is 16.5. The van der Waals surface area contributed by atoms with Crippen LogP contribution in [-0.2, 0) is 0 Å². The Kier molecular flexibility index (Phi) is 3.90. The molecule has 0 fully saturated rings. The van der Waals surface area contributed by atoms with E-state index in [1.165, 1.54) is 24.3 Å². The largest absolute Gasteiger partial charge is 0.494 e. The van der Waals surface area contributed by atoms with E-state index in [1.54, 1.807) is 30.3 Å². The summed E-state index contributed by atoms with van der Waals surface area (Å²) in [5, 5.41) is 31.0. The van der Waals surface area contributed by atoms with E-state index in [9.17, 15) is 0 Å². The molecular weight excluding hydrogens is 258 g/mol. The molecule has 20 heavy (non-hydrogen) atoms. The lowest BCUT2D eigenvalue weighted by atomic mass is 10.2. The van der Waals surface area contributed by atoms with Gasteiger partial charge in [0, 0.05) is 18.0 Å². The SMILES string of the molecule is COc1cc(NC=C(C#N)C#N)ccc1-n1cnnn1. The molecule has 98 valence electrons. The number of methoxy groups -OCH3 is 1. The molecule has 0 bridgehead atoms. The Labute approximate surface area is 114 Å². The van der Waals surface area contributed by atoms with Crippen molar-refractivity contribution in [1.82, 2.24) is 20.2 Å². The minimum atomic E-state index is -0.0199. The topological polar surface area (TPSA) is 112 Å². The number of hydrogen-bond donors (Lipinski definition) is 1. The van der Waals surface area contributed by atoms with Crippen molar-refractivity contribution < 1.29 is 4.74 Å². The number of nitrogens with one attached hydrogen (secondary N) is 1. The minimum absolute atomic E-state index is 0.0199. The highest BCUT2D eigenvalue weighted by Crippen LogP contribution is 2.25. The molecule has 2 aromatic rings. The van der Waals surface area contributed by atoms with E-state index in [2.05, 4.69) is 20.8 Å². The monoisotopic (exact) mass is 267 g/mol. The molecule has 1 aromatic heterocycles. The fourth-order valence-corrected chi connectivity index (χ4v) is 1.47. The molecule has 1 aromatic carbocycles. The summed E-state index contributed by atoms with van der Waals surface area (Å²) in [7, 11) is 1.53. The van der Waals surface area contributed by atoms with Gasteiger partial charge in [-0.3, -0.25) is 0 Å². The third-order valence-corrected chi connectivity index (χ3v) is 2.40. The number of tetrazole rings is 1. The summed E-state index contributed by atoms with van der Waals surface area (Å²) in [4.78, 5) is 0. The van der Waals surface area contributed by atoms with Crippen molar-refractivity contribution in [3.8, 4) is 23.6 Å². The van der Waals surface area contributed by atoms with Gasteiger partial charge in [-0.2, -0.15) is 15.2 Å². The smallest absolute Gasteiger partial charge is 0.146 e. The zero-order valence-corrected chi connectivity index (χ0v) is 10.5. The van der Waals surface area contributed by atoms with Gasteiger partial charge in [0.05, 0.1) is 7.11 Å². The van der Waals surface area contributed by atoms with Crippen LogP contribution < -0.4 is 10.1 Å². The lowest BCUT2D eigenvalue weighted by molar-refractivity contribution is 0.411. The quantitative estimate of drug-likeness (QED) is 0.822. The Bertz CT molecular complexity index is 690. The second-order valence-corrected chi connectivity index (χ2v) is 3.57. The van der Waals surface area contributed by atoms with E-state index in [4.69, 9.17) is 15.3 Å². The molecule has 0 atom stereocenters. The molecule has 0 aliphatic rings. The molecule has 2 rings (SSSR count). The van der Waals surface area contributed by atoms with Gasteiger partial charge in [0.2, 0.25) is 0 Å². The number of anilines is 1. The summed E-state index contributed by atoms with van der Waals surface area (Å²) >= 11 is 0. The molecular formula is C12H9N7O. The first kappa shape index (κ1) is 13.1. The van der Waals surface area contributed by atoms with Gasteiger partial charge in [-0.25, -0.2) is 0 Å². The maximum Gasteiger partial charge on any atom is 0.146 e.